The van der Waals surface area contributed by atoms with Crippen LogP contribution in [0.3, 0.4) is 0 Å². The highest BCUT2D eigenvalue weighted by Gasteiger charge is 2.22. The number of nitro benzene ring substituents is 1. The quantitative estimate of drug-likeness (QED) is 0.382. The number of benzene rings is 1. The van der Waals surface area contributed by atoms with E-state index in [1.807, 2.05) is 57.3 Å². The van der Waals surface area contributed by atoms with Crippen LogP contribution >= 0.6 is 45.2 Å². The highest BCUT2D eigenvalue weighted by atomic mass is 127. The minimum Gasteiger partial charge on any atom is -0.258 e. The maximum absolute atomic E-state index is 10.8. The maximum Gasteiger partial charge on any atom is 0.295 e. The zero-order chi connectivity index (χ0) is 11.8. The zero-order valence-corrected chi connectivity index (χ0v) is 13.0. The van der Waals surface area contributed by atoms with Crippen LogP contribution in [0.25, 0.3) is 0 Å². The van der Waals surface area contributed by atoms with Crippen molar-refractivity contribution >= 4 is 50.9 Å². The fourth-order valence-corrected chi connectivity index (χ4v) is 3.33. The van der Waals surface area contributed by atoms with Crippen LogP contribution in [0.5, 0.6) is 0 Å². The van der Waals surface area contributed by atoms with Gasteiger partial charge in [-0.1, -0.05) is 20.8 Å². The summed E-state index contributed by atoms with van der Waals surface area (Å²) in [6.07, 6.45) is 0. The Bertz CT molecular complexity index is 387. The summed E-state index contributed by atoms with van der Waals surface area (Å²) in [5.74, 6) is 0. The van der Waals surface area contributed by atoms with Gasteiger partial charge in [0.25, 0.3) is 5.69 Å². The van der Waals surface area contributed by atoms with Crippen molar-refractivity contribution in [1.29, 1.82) is 0 Å². The lowest BCUT2D eigenvalue weighted by Gasteiger charge is -2.19. The topological polar surface area (TPSA) is 43.1 Å². The zero-order valence-electron chi connectivity index (χ0n) is 8.67. The van der Waals surface area contributed by atoms with Crippen molar-refractivity contribution in [2.45, 2.75) is 26.2 Å². The van der Waals surface area contributed by atoms with E-state index in [9.17, 15) is 10.1 Å². The third-order valence-electron chi connectivity index (χ3n) is 2.07. The lowest BCUT2D eigenvalue weighted by atomic mass is 9.87. The van der Waals surface area contributed by atoms with Crippen LogP contribution in [-0.2, 0) is 5.41 Å². The molecular formula is C10H11I2NO2. The summed E-state index contributed by atoms with van der Waals surface area (Å²) in [7, 11) is 0. The second-order valence-electron chi connectivity index (χ2n) is 4.30. The number of nitro groups is 1. The van der Waals surface area contributed by atoms with Crippen molar-refractivity contribution in [2.24, 2.45) is 0 Å². The van der Waals surface area contributed by atoms with Crippen LogP contribution < -0.4 is 0 Å². The molecule has 1 aromatic carbocycles. The Hall–Kier alpha value is 0.0800. The SMILES string of the molecule is CC(C)(C)c1cc(I)c([N+](=O)[O-])c(I)c1. The Kier molecular flexibility index (Phi) is 3.96. The Balaban J connectivity index is 3.39. The van der Waals surface area contributed by atoms with Gasteiger partial charge in [0.05, 0.1) is 12.1 Å². The predicted octanol–water partition coefficient (Wildman–Crippen LogP) is 4.10. The molecule has 82 valence electrons. The fraction of sp³-hybridized carbons (Fsp3) is 0.400. The van der Waals surface area contributed by atoms with E-state index in [0.29, 0.717) is 7.14 Å². The van der Waals surface area contributed by atoms with Crippen molar-refractivity contribution < 1.29 is 4.92 Å². The average molecular weight is 431 g/mol. The fourth-order valence-electron chi connectivity index (χ4n) is 1.17. The smallest absolute Gasteiger partial charge is 0.258 e. The molecule has 1 rings (SSSR count). The van der Waals surface area contributed by atoms with Crippen LogP contribution in [0.4, 0.5) is 5.69 Å². The summed E-state index contributed by atoms with van der Waals surface area (Å²) in [6, 6.07) is 3.78. The largest absolute Gasteiger partial charge is 0.295 e. The number of nitrogens with zero attached hydrogens (tertiary/aromatic N) is 1. The van der Waals surface area contributed by atoms with E-state index in [-0.39, 0.29) is 16.0 Å². The molecule has 0 atom stereocenters. The first-order valence-electron chi connectivity index (χ1n) is 4.37. The number of rotatable bonds is 1. The molecule has 5 heteroatoms. The molecule has 0 aliphatic carbocycles. The predicted molar refractivity (Wildman–Crippen MR) is 77.2 cm³/mol. The van der Waals surface area contributed by atoms with Crippen LogP contribution in [0.15, 0.2) is 12.1 Å². The van der Waals surface area contributed by atoms with Gasteiger partial charge in [-0.2, -0.15) is 0 Å². The van der Waals surface area contributed by atoms with Gasteiger partial charge in [0.2, 0.25) is 0 Å². The van der Waals surface area contributed by atoms with Gasteiger partial charge in [0, 0.05) is 0 Å². The first kappa shape index (κ1) is 13.1. The van der Waals surface area contributed by atoms with E-state index in [0.717, 1.165) is 5.56 Å². The summed E-state index contributed by atoms with van der Waals surface area (Å²) in [6.45, 7) is 6.29. The summed E-state index contributed by atoms with van der Waals surface area (Å²) in [5, 5.41) is 10.8. The second kappa shape index (κ2) is 4.52. The molecule has 0 bridgehead atoms. The first-order valence-corrected chi connectivity index (χ1v) is 6.53. The normalized spacial score (nSPS) is 11.5. The van der Waals surface area contributed by atoms with Gasteiger partial charge < -0.3 is 0 Å². The standard InChI is InChI=1S/C10H11I2NO2/c1-10(2,3)6-4-7(11)9(13(14)15)8(12)5-6/h4-5H,1-3H3. The Morgan fingerprint density at radius 1 is 1.20 bits per heavy atom. The van der Waals surface area contributed by atoms with E-state index in [4.69, 9.17) is 0 Å². The summed E-state index contributed by atoms with van der Waals surface area (Å²) in [4.78, 5) is 10.5. The highest BCUT2D eigenvalue weighted by Crippen LogP contribution is 2.33. The van der Waals surface area contributed by atoms with Crippen LogP contribution in [0, 0.1) is 17.3 Å². The minimum atomic E-state index is -0.323. The molecule has 0 heterocycles. The molecule has 0 aliphatic heterocycles. The Labute approximate surface area is 116 Å². The van der Waals surface area contributed by atoms with E-state index < -0.39 is 0 Å². The van der Waals surface area contributed by atoms with Crippen LogP contribution in [0.2, 0.25) is 0 Å². The third kappa shape index (κ3) is 3.02. The molecule has 0 saturated carbocycles. The van der Waals surface area contributed by atoms with Crippen molar-refractivity contribution in [3.05, 3.63) is 35.0 Å². The average Bonchev–Trinajstić information content (AvgIpc) is 1.99. The molecule has 0 radical (unpaired) electrons. The van der Waals surface area contributed by atoms with Gasteiger partial charge >= 0.3 is 0 Å². The van der Waals surface area contributed by atoms with Crippen LogP contribution in [0.1, 0.15) is 26.3 Å². The van der Waals surface area contributed by atoms with Crippen molar-refractivity contribution in [1.82, 2.24) is 0 Å². The van der Waals surface area contributed by atoms with E-state index >= 15 is 0 Å². The summed E-state index contributed by atoms with van der Waals surface area (Å²) < 4.78 is 1.41. The van der Waals surface area contributed by atoms with Gasteiger partial charge in [0.1, 0.15) is 0 Å². The maximum atomic E-state index is 10.8. The van der Waals surface area contributed by atoms with Gasteiger partial charge in [0.15, 0.2) is 0 Å². The molecule has 0 saturated heterocycles. The van der Waals surface area contributed by atoms with Crippen molar-refractivity contribution in [3.8, 4) is 0 Å². The molecule has 0 N–H and O–H groups in total. The molecule has 0 spiro atoms. The molecule has 0 aromatic heterocycles. The number of hydrogen-bond acceptors (Lipinski definition) is 2. The molecule has 0 aliphatic rings. The molecule has 1 aromatic rings. The molecule has 0 amide bonds. The van der Waals surface area contributed by atoms with E-state index in [2.05, 4.69) is 20.8 Å². The highest BCUT2D eigenvalue weighted by molar-refractivity contribution is 14.1. The molecule has 3 nitrogen and oxygen atoms in total. The second-order valence-corrected chi connectivity index (χ2v) is 6.62. The van der Waals surface area contributed by atoms with Gasteiger partial charge in [-0.15, -0.1) is 0 Å². The lowest BCUT2D eigenvalue weighted by molar-refractivity contribution is -0.386. The molecular weight excluding hydrogens is 420 g/mol. The van der Waals surface area contributed by atoms with Crippen molar-refractivity contribution in [2.75, 3.05) is 0 Å². The first-order chi connectivity index (χ1) is 6.73. The van der Waals surface area contributed by atoms with Crippen molar-refractivity contribution in [3.63, 3.8) is 0 Å². The monoisotopic (exact) mass is 431 g/mol. The van der Waals surface area contributed by atoms with E-state index in [1.165, 1.54) is 0 Å². The number of halogens is 2. The van der Waals surface area contributed by atoms with Crippen LogP contribution in [-0.4, -0.2) is 4.92 Å². The molecule has 15 heavy (non-hydrogen) atoms. The minimum absolute atomic E-state index is 0.0228. The Morgan fingerprint density at radius 2 is 1.60 bits per heavy atom. The van der Waals surface area contributed by atoms with Gasteiger partial charge in [-0.05, 0) is 68.3 Å². The Morgan fingerprint density at radius 3 is 1.87 bits per heavy atom. The summed E-state index contributed by atoms with van der Waals surface area (Å²) >= 11 is 4.04. The molecule has 0 fully saturated rings. The molecule has 0 unspecified atom stereocenters. The third-order valence-corrected chi connectivity index (χ3v) is 3.71. The van der Waals surface area contributed by atoms with E-state index in [1.54, 1.807) is 0 Å². The lowest BCUT2D eigenvalue weighted by Crippen LogP contribution is -2.12. The van der Waals surface area contributed by atoms with Gasteiger partial charge in [-0.3, -0.25) is 10.1 Å². The van der Waals surface area contributed by atoms with Gasteiger partial charge in [-0.25, -0.2) is 0 Å². The number of hydrogen-bond donors (Lipinski definition) is 0. The summed E-state index contributed by atoms with van der Waals surface area (Å²) in [5.41, 5.74) is 1.36.